The van der Waals surface area contributed by atoms with E-state index >= 15 is 0 Å². The van der Waals surface area contributed by atoms with Crippen molar-refractivity contribution >= 4 is 40.7 Å². The third kappa shape index (κ3) is 9.39. The molecule has 0 N–H and O–H groups in total. The molecule has 0 spiro atoms. The molecule has 2 aliphatic heterocycles. The van der Waals surface area contributed by atoms with Gasteiger partial charge in [-0.25, -0.2) is 23.4 Å². The van der Waals surface area contributed by atoms with Crippen molar-refractivity contribution < 1.29 is 33.0 Å². The number of carbonyl (C=O) groups is 1. The van der Waals surface area contributed by atoms with Gasteiger partial charge in [0.2, 0.25) is 18.8 Å². The van der Waals surface area contributed by atoms with Gasteiger partial charge in [-0.2, -0.15) is 5.10 Å². The van der Waals surface area contributed by atoms with Gasteiger partial charge < -0.3 is 33.5 Å². The lowest BCUT2D eigenvalue weighted by atomic mass is 10.1. The Morgan fingerprint density at radius 1 is 0.947 bits per heavy atom. The van der Waals surface area contributed by atoms with E-state index in [0.717, 1.165) is 49.7 Å². The van der Waals surface area contributed by atoms with E-state index in [9.17, 15) is 9.59 Å². The highest BCUT2D eigenvalue weighted by molar-refractivity contribution is 6.35. The molecule has 2 fully saturated rings. The summed E-state index contributed by atoms with van der Waals surface area (Å²) in [5, 5.41) is 9.59. The maximum atomic E-state index is 12.8. The second-order valence-electron chi connectivity index (χ2n) is 14.0. The highest BCUT2D eigenvalue weighted by atomic mass is 35.5. The lowest BCUT2D eigenvalue weighted by molar-refractivity contribution is -0.728. The molecule has 5 aromatic rings. The Balaban J connectivity index is 0.923. The van der Waals surface area contributed by atoms with Crippen LogP contribution in [0.1, 0.15) is 45.2 Å². The van der Waals surface area contributed by atoms with Crippen molar-refractivity contribution in [3.63, 3.8) is 0 Å². The van der Waals surface area contributed by atoms with Crippen molar-refractivity contribution in [2.45, 2.75) is 64.8 Å². The third-order valence-corrected chi connectivity index (χ3v) is 10.6. The molecule has 57 heavy (non-hydrogen) atoms. The molecule has 2 aliphatic rings. The molecule has 0 bridgehead atoms. The van der Waals surface area contributed by atoms with Crippen molar-refractivity contribution in [1.82, 2.24) is 24.1 Å². The van der Waals surface area contributed by atoms with Crippen LogP contribution in [-0.4, -0.2) is 82.4 Å². The highest BCUT2D eigenvalue weighted by Gasteiger charge is 2.47. The highest BCUT2D eigenvalue weighted by Crippen LogP contribution is 2.40. The van der Waals surface area contributed by atoms with Crippen molar-refractivity contribution in [3.8, 4) is 11.4 Å². The molecule has 15 nitrogen and oxygen atoms in total. The van der Waals surface area contributed by atoms with Crippen molar-refractivity contribution in [2.75, 3.05) is 55.8 Å². The quantitative estimate of drug-likeness (QED) is 0.0912. The summed E-state index contributed by atoms with van der Waals surface area (Å²) < 4.78 is 35.6. The fourth-order valence-corrected chi connectivity index (χ4v) is 7.34. The number of nitrogens with zero attached hydrogens (tertiary/aromatic N) is 8. The summed E-state index contributed by atoms with van der Waals surface area (Å²) in [6.07, 6.45) is 5.17. The first-order valence-corrected chi connectivity index (χ1v) is 19.9. The Morgan fingerprint density at radius 2 is 1.63 bits per heavy atom. The Bertz CT molecular complexity index is 2170. The molecule has 2 saturated heterocycles. The molecule has 3 atom stereocenters. The zero-order chi connectivity index (χ0) is 39.9. The molecule has 0 radical (unpaired) electrons. The fraction of sp³-hybridized carbons (Fsp3) is 0.425. The molecule has 3 aromatic carbocycles. The number of hydrogen-bond donors (Lipinski definition) is 0. The molecule has 2 aromatic heterocycles. The largest absolute Gasteiger partial charge is 0.511 e. The van der Waals surface area contributed by atoms with E-state index in [1.807, 2.05) is 45.0 Å². The Labute approximate surface area is 340 Å². The molecule has 0 amide bonds. The smallest absolute Gasteiger partial charge is 0.491 e. The van der Waals surface area contributed by atoms with Crippen LogP contribution >= 0.6 is 23.2 Å². The number of rotatable bonds is 15. The molecular formula is C40H47Cl2N8O7+. The monoisotopic (exact) mass is 821 g/mol. The van der Waals surface area contributed by atoms with Crippen LogP contribution in [0.4, 0.5) is 16.2 Å². The van der Waals surface area contributed by atoms with Crippen molar-refractivity contribution in [2.24, 2.45) is 0 Å². The van der Waals surface area contributed by atoms with Gasteiger partial charge >= 0.3 is 11.8 Å². The number of hydrogen-bond acceptors (Lipinski definition) is 11. The lowest BCUT2D eigenvalue weighted by Crippen LogP contribution is -2.46. The topological polar surface area (TPSA) is 131 Å². The number of piperazine rings is 1. The normalized spacial score (nSPS) is 18.8. The van der Waals surface area contributed by atoms with E-state index in [2.05, 4.69) is 44.3 Å². The molecule has 17 heteroatoms. The van der Waals surface area contributed by atoms with E-state index in [-0.39, 0.29) is 44.8 Å². The number of benzene rings is 3. The van der Waals surface area contributed by atoms with E-state index in [1.54, 1.807) is 44.7 Å². The van der Waals surface area contributed by atoms with E-state index in [0.29, 0.717) is 27.8 Å². The molecule has 4 heterocycles. The van der Waals surface area contributed by atoms with E-state index in [1.165, 1.54) is 11.0 Å². The first-order valence-electron chi connectivity index (χ1n) is 19.1. The molecule has 3 unspecified atom stereocenters. The van der Waals surface area contributed by atoms with Gasteiger partial charge in [0, 0.05) is 53.2 Å². The minimum Gasteiger partial charge on any atom is -0.491 e. The molecule has 0 aliphatic carbocycles. The van der Waals surface area contributed by atoms with E-state index < -0.39 is 18.0 Å². The van der Waals surface area contributed by atoms with Crippen LogP contribution in [-0.2, 0) is 38.0 Å². The van der Waals surface area contributed by atoms with Crippen LogP contribution in [0.25, 0.3) is 5.69 Å². The zero-order valence-corrected chi connectivity index (χ0v) is 33.7. The average Bonchev–Trinajstić information content (AvgIpc) is 3.97. The van der Waals surface area contributed by atoms with Crippen LogP contribution in [0.2, 0.25) is 10.0 Å². The summed E-state index contributed by atoms with van der Waals surface area (Å²) in [7, 11) is 0. The summed E-state index contributed by atoms with van der Waals surface area (Å²) in [6, 6.07) is 21.4. The van der Waals surface area contributed by atoms with Gasteiger partial charge in [0.25, 0.3) is 6.33 Å². The van der Waals surface area contributed by atoms with Crippen LogP contribution in [0, 0.1) is 0 Å². The number of anilines is 2. The summed E-state index contributed by atoms with van der Waals surface area (Å²) in [4.78, 5) is 29.4. The van der Waals surface area contributed by atoms with Gasteiger partial charge in [-0.1, -0.05) is 43.1 Å². The standard InChI is InChI=1S/C40H47Cl2N8O7/c1-4-20-53-39(52)55-28-45-25-43-48(27-45)24-40(36-15-6-30(41)21-37(36)42)56-23-35(57-40)22-54-34-13-11-32(12-14-34)47-18-16-46(17-19-47)31-7-9-33(10-8-31)49-26-44-50(38(49)51)29(3)5-2/h6-15,21,25-27,29,35H,4-5,16-20,22-24,28H2,1-3H3/q+1. The van der Waals surface area contributed by atoms with Gasteiger partial charge in [-0.3, -0.25) is 0 Å². The van der Waals surface area contributed by atoms with Gasteiger partial charge in [0.1, 0.15) is 24.8 Å². The summed E-state index contributed by atoms with van der Waals surface area (Å²) in [6.45, 7) is 10.2. The number of halogens is 2. The van der Waals surface area contributed by atoms with Gasteiger partial charge in [0.15, 0.2) is 6.54 Å². The Morgan fingerprint density at radius 3 is 2.30 bits per heavy atom. The fourth-order valence-electron chi connectivity index (χ4n) is 6.79. The Hall–Kier alpha value is -5.09. The molecule has 0 saturated carbocycles. The van der Waals surface area contributed by atoms with Gasteiger partial charge in [0.05, 0.1) is 30.0 Å². The average molecular weight is 823 g/mol. The number of carbonyl (C=O) groups excluding carboxylic acids is 1. The van der Waals surface area contributed by atoms with E-state index in [4.69, 9.17) is 46.9 Å². The minimum absolute atomic E-state index is 0.0521. The maximum Gasteiger partial charge on any atom is 0.511 e. The van der Waals surface area contributed by atoms with Crippen molar-refractivity contribution in [3.05, 3.63) is 112 Å². The van der Waals surface area contributed by atoms with Crippen LogP contribution < -0.4 is 24.8 Å². The number of ether oxygens (including phenoxy) is 5. The second kappa shape index (κ2) is 18.0. The maximum absolute atomic E-state index is 12.8. The summed E-state index contributed by atoms with van der Waals surface area (Å²) in [5.74, 6) is -0.576. The summed E-state index contributed by atoms with van der Waals surface area (Å²) >= 11 is 12.9. The summed E-state index contributed by atoms with van der Waals surface area (Å²) in [5.41, 5.74) is 3.51. The predicted octanol–water partition coefficient (Wildman–Crippen LogP) is 5.99. The van der Waals surface area contributed by atoms with Crippen molar-refractivity contribution in [1.29, 1.82) is 0 Å². The van der Waals surface area contributed by atoms with Gasteiger partial charge in [-0.15, -0.1) is 4.68 Å². The molecule has 302 valence electrons. The SMILES string of the molecule is CCCOC(=O)OC[n+]1cnn(CC2(c3ccc(Cl)cc3Cl)OCC(COc3ccc(N4CCN(c5ccc(-n6cnn(C(C)CC)c6=O)cc5)CC4)cc3)O2)c1. The van der Waals surface area contributed by atoms with Crippen LogP contribution in [0.15, 0.2) is 90.5 Å². The van der Waals surface area contributed by atoms with Gasteiger partial charge in [-0.05, 0) is 80.4 Å². The predicted molar refractivity (Wildman–Crippen MR) is 213 cm³/mol. The Kier molecular flexibility index (Phi) is 12.7. The number of aromatic nitrogens is 6. The minimum atomic E-state index is -1.29. The lowest BCUT2D eigenvalue weighted by Gasteiger charge is -2.37. The first-order chi connectivity index (χ1) is 27.6. The molecule has 7 rings (SSSR count). The zero-order valence-electron chi connectivity index (χ0n) is 32.2. The van der Waals surface area contributed by atoms with Crippen LogP contribution in [0.5, 0.6) is 5.75 Å². The van der Waals surface area contributed by atoms with Crippen LogP contribution in [0.3, 0.4) is 0 Å². The third-order valence-electron chi connectivity index (χ3n) is 10.1. The second-order valence-corrected chi connectivity index (χ2v) is 14.9. The molecular weight excluding hydrogens is 775 g/mol. The first kappa shape index (κ1) is 40.1.